The summed E-state index contributed by atoms with van der Waals surface area (Å²) in [5.41, 5.74) is 4.77. The summed E-state index contributed by atoms with van der Waals surface area (Å²) in [5, 5.41) is 70.4. The Balaban J connectivity index is 0.00000116. The van der Waals surface area contributed by atoms with Gasteiger partial charge in [0, 0.05) is 49.7 Å². The maximum Gasteiger partial charge on any atom is 1.00 e. The maximum absolute atomic E-state index is 10.7. The Labute approximate surface area is 610 Å². The number of carbonyl (C=O) groups is 1. The third-order valence-electron chi connectivity index (χ3n) is 17.6. The zero-order chi connectivity index (χ0) is 65.9. The van der Waals surface area contributed by atoms with E-state index < -0.39 is 34.6 Å². The summed E-state index contributed by atoms with van der Waals surface area (Å²) >= 11 is 3.41. The van der Waals surface area contributed by atoms with Gasteiger partial charge in [0.1, 0.15) is 55.7 Å². The Morgan fingerprint density at radius 2 is 0.760 bits per heavy atom. The number of nitrogens with two attached hydrogens (primary N) is 1. The van der Waals surface area contributed by atoms with Gasteiger partial charge in [-0.25, -0.2) is 0 Å². The molecule has 3 aliphatic heterocycles. The molecule has 0 aromatic heterocycles. The molecule has 4 aromatic carbocycles. The second-order valence-electron chi connectivity index (χ2n) is 25.9. The summed E-state index contributed by atoms with van der Waals surface area (Å²) in [6, 6.07) is 31.3. The van der Waals surface area contributed by atoms with Crippen LogP contribution in [0.1, 0.15) is 255 Å². The van der Waals surface area contributed by atoms with Crippen molar-refractivity contribution in [2.24, 2.45) is 5.73 Å². The van der Waals surface area contributed by atoms with Crippen LogP contribution in [-0.2, 0) is 14.2 Å². The van der Waals surface area contributed by atoms with Crippen LogP contribution in [0.4, 0.5) is 0 Å². The zero-order valence-corrected chi connectivity index (χ0v) is 57.8. The fourth-order valence-electron chi connectivity index (χ4n) is 11.9. The van der Waals surface area contributed by atoms with Crippen LogP contribution in [0.5, 0.6) is 23.0 Å². The molecule has 3 heterocycles. The number of benzene rings is 4. The molecule has 19 heteroatoms. The van der Waals surface area contributed by atoms with E-state index in [1.807, 2.05) is 66.7 Å². The first-order valence-electron chi connectivity index (χ1n) is 34.7. The van der Waals surface area contributed by atoms with Crippen LogP contribution in [0.25, 0.3) is 0 Å². The molecule has 16 nitrogen and oxygen atoms in total. The molecule has 8 N–H and O–H groups in total. The summed E-state index contributed by atoms with van der Waals surface area (Å²) in [7, 11) is 0. The minimum Gasteiger partial charge on any atom is -1.00 e. The normalized spacial score (nSPS) is 19.3. The molecule has 0 amide bonds. The molecule has 2 unspecified atom stereocenters. The average molecular weight is 1420 g/mol. The minimum atomic E-state index is -0.792. The van der Waals surface area contributed by atoms with Gasteiger partial charge in [0.25, 0.3) is 0 Å². The molecule has 7 aliphatic rings. The number of hydrogen-bond acceptors (Lipinski definition) is 16. The molecule has 0 bridgehead atoms. The standard InChI is InChI=1S/C17H27NO3.C17H23NO3.C15H20O3.C14H19BrO2.3C4H8O.2CH4.Al.Li.4H/c2*18-11-8-16(19)14-6-5-7-15(12-14)21-13-17(20)9-3-1-2-4-10-17;16-11-13-6-5-7-14(10-13)18-12-15(17)8-3-1-2-4-9-15;15-12-6-5-7-13(10-12)17-11-14(16)8-3-1-2-4-9-14;3*1-2-4-5-3-1;;;;;;;;/h5-7,12,16,19-20H,1-4,8-11,13,18H2;5-7,12,16,19-20H,1-4,8-10,13H2;5-7,10-11,17H,1-4,8-9,12H2;5-7,10,16H,1-4,8-9,11H2;3*1-4H2;2*1H4;;;;;;/q;;;;;;;;;;+1;;;;-1. The summed E-state index contributed by atoms with van der Waals surface area (Å²) in [4.78, 5) is 10.7. The zero-order valence-electron chi connectivity index (χ0n) is 57.2. The predicted octanol–water partition coefficient (Wildman–Crippen LogP) is 12.1. The van der Waals surface area contributed by atoms with E-state index in [2.05, 4.69) is 15.9 Å². The first-order chi connectivity index (χ1) is 44.7. The largest absolute Gasteiger partial charge is 1.00 e. The van der Waals surface area contributed by atoms with Gasteiger partial charge in [-0.2, -0.15) is 5.26 Å². The molecule has 2 atom stereocenters. The van der Waals surface area contributed by atoms with E-state index in [4.69, 9.17) is 44.2 Å². The number of aliphatic hydroxyl groups is 6. The number of nitrogens with zero attached hydrogens (tertiary/aromatic N) is 1. The second kappa shape index (κ2) is 53.3. The number of hydrogen-bond donors (Lipinski definition) is 7. The van der Waals surface area contributed by atoms with E-state index in [0.717, 1.165) is 164 Å². The Morgan fingerprint density at radius 1 is 0.469 bits per heavy atom. The third-order valence-corrected chi connectivity index (χ3v) is 18.1. The van der Waals surface area contributed by atoms with Crippen LogP contribution < -0.4 is 43.5 Å². The summed E-state index contributed by atoms with van der Waals surface area (Å²) < 4.78 is 38.7. The van der Waals surface area contributed by atoms with Gasteiger partial charge in [-0.15, -0.1) is 0 Å². The van der Waals surface area contributed by atoms with E-state index in [-0.39, 0.29) is 65.5 Å². The van der Waals surface area contributed by atoms with Gasteiger partial charge in [0.2, 0.25) is 0 Å². The molecule has 3 saturated heterocycles. The van der Waals surface area contributed by atoms with Crippen molar-refractivity contribution < 1.29 is 88.9 Å². The maximum atomic E-state index is 10.7. The number of aldehydes is 1. The molecule has 0 radical (unpaired) electrons. The van der Waals surface area contributed by atoms with Crippen molar-refractivity contribution in [3.63, 3.8) is 0 Å². The fourth-order valence-corrected chi connectivity index (χ4v) is 12.3. The number of halogens is 1. The van der Waals surface area contributed by atoms with Gasteiger partial charge < -0.3 is 71.0 Å². The quantitative estimate of drug-likeness (QED) is 0.0278. The van der Waals surface area contributed by atoms with Crippen molar-refractivity contribution in [3.05, 3.63) is 118 Å². The van der Waals surface area contributed by atoms with Crippen molar-refractivity contribution >= 4 is 39.6 Å². The number of aliphatic hydroxyl groups excluding tert-OH is 2. The molecular weight excluding hydrogens is 1290 g/mol. The molecule has 4 aliphatic carbocycles. The van der Waals surface area contributed by atoms with Crippen LogP contribution in [-0.4, -0.2) is 149 Å². The molecule has 538 valence electrons. The summed E-state index contributed by atoms with van der Waals surface area (Å²) in [6.45, 7) is 7.78. The second-order valence-corrected chi connectivity index (χ2v) is 26.8. The molecule has 11 rings (SSSR count). The number of rotatable bonds is 18. The van der Waals surface area contributed by atoms with Crippen molar-refractivity contribution in [1.82, 2.24) is 0 Å². The molecule has 96 heavy (non-hydrogen) atoms. The van der Waals surface area contributed by atoms with E-state index in [1.54, 1.807) is 36.4 Å². The predicted molar refractivity (Wildman–Crippen MR) is 390 cm³/mol. The van der Waals surface area contributed by atoms with Crippen LogP contribution in [0.3, 0.4) is 0 Å². The molecule has 4 aromatic rings. The van der Waals surface area contributed by atoms with Crippen LogP contribution in [0.15, 0.2) is 102 Å². The average Bonchev–Trinajstić information content (AvgIpc) is 1.55. The Morgan fingerprint density at radius 3 is 1.04 bits per heavy atom. The van der Waals surface area contributed by atoms with E-state index in [0.29, 0.717) is 61.2 Å². The first kappa shape index (κ1) is 90.5. The van der Waals surface area contributed by atoms with Crippen LogP contribution >= 0.6 is 15.9 Å². The van der Waals surface area contributed by atoms with Gasteiger partial charge in [0.05, 0.1) is 47.1 Å². The molecular formula is C77H125AlBrLiN2O14. The number of nitriles is 1. The van der Waals surface area contributed by atoms with Gasteiger partial charge in [-0.3, -0.25) is 4.79 Å². The smallest absolute Gasteiger partial charge is 1.00 e. The van der Waals surface area contributed by atoms with Crippen molar-refractivity contribution in [2.75, 3.05) is 72.6 Å². The third kappa shape index (κ3) is 39.4. The molecule has 7 fully saturated rings. The fraction of sp³-hybridized carbons (Fsp3) is 0.662. The van der Waals surface area contributed by atoms with Gasteiger partial charge in [-0.1, -0.05) is 176 Å². The topological polar surface area (TPSA) is 253 Å². The first-order valence-corrected chi connectivity index (χ1v) is 35.5. The van der Waals surface area contributed by atoms with E-state index in [9.17, 15) is 35.4 Å². The monoisotopic (exact) mass is 1410 g/mol. The van der Waals surface area contributed by atoms with E-state index >= 15 is 0 Å². The van der Waals surface area contributed by atoms with Gasteiger partial charge >= 0.3 is 18.9 Å². The Hall–Kier alpha value is -3.55. The van der Waals surface area contributed by atoms with Gasteiger partial charge in [0.15, 0.2) is 17.4 Å². The van der Waals surface area contributed by atoms with Crippen LogP contribution in [0.2, 0.25) is 0 Å². The van der Waals surface area contributed by atoms with Gasteiger partial charge in [-0.05, 0) is 169 Å². The molecule has 0 spiro atoms. The Bertz CT molecular complexity index is 2550. The number of ether oxygens (including phenoxy) is 7. The minimum absolute atomic E-state index is 0. The van der Waals surface area contributed by atoms with Crippen LogP contribution in [0, 0.1) is 11.3 Å². The Kier molecular flexibility index (Phi) is 50.2. The van der Waals surface area contributed by atoms with E-state index in [1.165, 1.54) is 89.9 Å². The van der Waals surface area contributed by atoms with Crippen molar-refractivity contribution in [3.8, 4) is 29.1 Å². The van der Waals surface area contributed by atoms with Crippen molar-refractivity contribution in [1.29, 1.82) is 5.26 Å². The molecule has 4 saturated carbocycles. The summed E-state index contributed by atoms with van der Waals surface area (Å²) in [5.74, 6) is 2.79. The summed E-state index contributed by atoms with van der Waals surface area (Å²) in [6.07, 6.45) is 32.4. The number of carbonyl (C=O) groups excluding carboxylic acids is 1. The van der Waals surface area contributed by atoms with Crippen molar-refractivity contribution in [2.45, 2.75) is 255 Å². The SMILES string of the molecule is C.C.C1CCOC1.C1CCOC1.C1CCOC1.N#CCC(O)c1cccc(OCC2(O)CCCCCC2)c1.NCCC(O)c1cccc(OCC2(O)CCCCCC2)c1.O=Cc1cccc(OCC2(O)CCCCCC2)c1.OC1(COc2cccc(Br)c2)CCCCCC1.[AlH3].[H-].[Li+].